The normalized spacial score (nSPS) is 14.8. The summed E-state index contributed by atoms with van der Waals surface area (Å²) >= 11 is 0. The van der Waals surface area contributed by atoms with Gasteiger partial charge in [-0.05, 0) is 59.7 Å². The maximum Gasteiger partial charge on any atom is 0.0475 e. The van der Waals surface area contributed by atoms with E-state index in [1.807, 2.05) is 0 Å². The lowest BCUT2D eigenvalue weighted by atomic mass is 9.96. The molecule has 0 aliphatic carbocycles. The molecule has 0 radical (unpaired) electrons. The van der Waals surface area contributed by atoms with Gasteiger partial charge < -0.3 is 15.1 Å². The van der Waals surface area contributed by atoms with E-state index >= 15 is 0 Å². The summed E-state index contributed by atoms with van der Waals surface area (Å²) in [4.78, 5) is 4.75. The number of likely N-dealkylation sites (N-methyl/N-ethyl adjacent to an activating group) is 2. The topological polar surface area (TPSA) is 18.5 Å². The molecule has 20 heavy (non-hydrogen) atoms. The van der Waals surface area contributed by atoms with Crippen LogP contribution in [0.3, 0.4) is 0 Å². The van der Waals surface area contributed by atoms with Crippen LogP contribution in [-0.4, -0.2) is 57.1 Å². The second-order valence-electron chi connectivity index (χ2n) is 5.79. The number of hydrogen-bond donors (Lipinski definition) is 1. The van der Waals surface area contributed by atoms with Gasteiger partial charge in [-0.15, -0.1) is 0 Å². The van der Waals surface area contributed by atoms with Gasteiger partial charge in [-0.3, -0.25) is 0 Å². The van der Waals surface area contributed by atoms with E-state index in [0.29, 0.717) is 12.1 Å². The van der Waals surface area contributed by atoms with Crippen molar-refractivity contribution in [3.63, 3.8) is 0 Å². The van der Waals surface area contributed by atoms with Gasteiger partial charge in [0, 0.05) is 12.1 Å². The number of hydrogen-bond acceptors (Lipinski definition) is 3. The van der Waals surface area contributed by atoms with E-state index in [2.05, 4.69) is 80.6 Å². The van der Waals surface area contributed by atoms with Crippen LogP contribution in [0.2, 0.25) is 0 Å². The largest absolute Gasteiger partial charge is 0.312 e. The summed E-state index contributed by atoms with van der Waals surface area (Å²) in [7, 11) is 8.58. The van der Waals surface area contributed by atoms with Crippen LogP contribution in [0.25, 0.3) is 0 Å². The minimum absolute atomic E-state index is 0.394. The van der Waals surface area contributed by atoms with E-state index in [0.717, 1.165) is 19.5 Å². The predicted molar refractivity (Wildman–Crippen MR) is 88.1 cm³/mol. The van der Waals surface area contributed by atoms with Gasteiger partial charge in [-0.1, -0.05) is 37.3 Å². The molecular weight excluding hydrogens is 246 g/mol. The quantitative estimate of drug-likeness (QED) is 0.748. The van der Waals surface area contributed by atoms with Crippen LogP contribution >= 0.6 is 0 Å². The Labute approximate surface area is 125 Å². The fraction of sp³-hybridized carbons (Fsp3) is 0.647. The van der Waals surface area contributed by atoms with Gasteiger partial charge in [-0.25, -0.2) is 0 Å². The average molecular weight is 277 g/mol. The lowest BCUT2D eigenvalue weighted by molar-refractivity contribution is 0.183. The fourth-order valence-corrected chi connectivity index (χ4v) is 2.85. The van der Waals surface area contributed by atoms with E-state index in [-0.39, 0.29) is 0 Å². The highest BCUT2D eigenvalue weighted by atomic mass is 15.2. The summed E-state index contributed by atoms with van der Waals surface area (Å²) in [6.45, 7) is 4.57. The smallest absolute Gasteiger partial charge is 0.0475 e. The van der Waals surface area contributed by atoms with Crippen LogP contribution in [0.1, 0.15) is 31.4 Å². The van der Waals surface area contributed by atoms with Crippen LogP contribution in [-0.2, 0) is 0 Å². The molecule has 114 valence electrons. The zero-order valence-electron chi connectivity index (χ0n) is 13.8. The first kappa shape index (κ1) is 17.2. The molecule has 0 fully saturated rings. The standard InChI is InChI=1S/C17H31N3/c1-6-16(20(5)14-10-13-19(3)4)17(18-2)15-11-8-7-9-12-15/h7-9,11-12,16-18H,6,10,13-14H2,1-5H3. The summed E-state index contributed by atoms with van der Waals surface area (Å²) < 4.78 is 0. The van der Waals surface area contributed by atoms with Crippen molar-refractivity contribution in [1.82, 2.24) is 15.1 Å². The zero-order chi connectivity index (χ0) is 15.0. The molecule has 0 aliphatic rings. The highest BCUT2D eigenvalue weighted by Crippen LogP contribution is 2.22. The molecule has 1 aromatic rings. The maximum atomic E-state index is 3.50. The Morgan fingerprint density at radius 3 is 2.20 bits per heavy atom. The fourth-order valence-electron chi connectivity index (χ4n) is 2.85. The van der Waals surface area contributed by atoms with Crippen molar-refractivity contribution in [2.24, 2.45) is 0 Å². The third-order valence-corrected chi connectivity index (χ3v) is 3.96. The van der Waals surface area contributed by atoms with Crippen molar-refractivity contribution < 1.29 is 0 Å². The lowest BCUT2D eigenvalue weighted by Gasteiger charge is -2.34. The van der Waals surface area contributed by atoms with E-state index in [1.165, 1.54) is 12.0 Å². The lowest BCUT2D eigenvalue weighted by Crippen LogP contribution is -2.42. The molecule has 2 atom stereocenters. The molecule has 1 rings (SSSR count). The molecule has 0 aromatic heterocycles. The first-order valence-electron chi connectivity index (χ1n) is 7.67. The molecule has 0 bridgehead atoms. The van der Waals surface area contributed by atoms with Crippen molar-refractivity contribution in [3.05, 3.63) is 35.9 Å². The van der Waals surface area contributed by atoms with Crippen LogP contribution in [0, 0.1) is 0 Å². The second-order valence-corrected chi connectivity index (χ2v) is 5.79. The third kappa shape index (κ3) is 5.23. The van der Waals surface area contributed by atoms with Gasteiger partial charge in [-0.2, -0.15) is 0 Å². The van der Waals surface area contributed by atoms with E-state index in [9.17, 15) is 0 Å². The summed E-state index contributed by atoms with van der Waals surface area (Å²) in [5.74, 6) is 0. The number of nitrogens with zero attached hydrogens (tertiary/aromatic N) is 2. The Morgan fingerprint density at radius 1 is 1.05 bits per heavy atom. The van der Waals surface area contributed by atoms with Crippen LogP contribution < -0.4 is 5.32 Å². The zero-order valence-corrected chi connectivity index (χ0v) is 13.8. The molecule has 2 unspecified atom stereocenters. The first-order chi connectivity index (χ1) is 9.60. The highest BCUT2D eigenvalue weighted by Gasteiger charge is 2.23. The summed E-state index contributed by atoms with van der Waals surface area (Å²) in [5, 5.41) is 3.50. The average Bonchev–Trinajstić information content (AvgIpc) is 2.44. The van der Waals surface area contributed by atoms with Crippen molar-refractivity contribution in [2.75, 3.05) is 41.3 Å². The van der Waals surface area contributed by atoms with Gasteiger partial charge in [0.2, 0.25) is 0 Å². The van der Waals surface area contributed by atoms with Crippen LogP contribution in [0.4, 0.5) is 0 Å². The second kappa shape index (κ2) is 9.11. The van der Waals surface area contributed by atoms with Crippen molar-refractivity contribution in [3.8, 4) is 0 Å². The minimum Gasteiger partial charge on any atom is -0.312 e. The van der Waals surface area contributed by atoms with Gasteiger partial charge in [0.15, 0.2) is 0 Å². The molecule has 0 saturated carbocycles. The predicted octanol–water partition coefficient (Wildman–Crippen LogP) is 2.61. The SMILES string of the molecule is CCC(C(NC)c1ccccc1)N(C)CCCN(C)C. The van der Waals surface area contributed by atoms with E-state index < -0.39 is 0 Å². The highest BCUT2D eigenvalue weighted by molar-refractivity contribution is 5.20. The number of nitrogens with one attached hydrogen (secondary N) is 1. The Balaban J connectivity index is 2.66. The van der Waals surface area contributed by atoms with Gasteiger partial charge >= 0.3 is 0 Å². The van der Waals surface area contributed by atoms with Crippen molar-refractivity contribution in [2.45, 2.75) is 31.8 Å². The van der Waals surface area contributed by atoms with Gasteiger partial charge in [0.05, 0.1) is 0 Å². The molecular formula is C17H31N3. The van der Waals surface area contributed by atoms with Gasteiger partial charge in [0.25, 0.3) is 0 Å². The Bertz CT molecular complexity index is 351. The monoisotopic (exact) mass is 277 g/mol. The Kier molecular flexibility index (Phi) is 7.82. The molecule has 0 heterocycles. The van der Waals surface area contributed by atoms with E-state index in [4.69, 9.17) is 0 Å². The van der Waals surface area contributed by atoms with E-state index in [1.54, 1.807) is 0 Å². The van der Waals surface area contributed by atoms with Gasteiger partial charge in [0.1, 0.15) is 0 Å². The summed E-state index contributed by atoms with van der Waals surface area (Å²) in [6, 6.07) is 11.7. The minimum atomic E-state index is 0.394. The Hall–Kier alpha value is -0.900. The third-order valence-electron chi connectivity index (χ3n) is 3.96. The molecule has 0 saturated heterocycles. The number of benzene rings is 1. The van der Waals surface area contributed by atoms with Crippen molar-refractivity contribution in [1.29, 1.82) is 0 Å². The molecule has 0 aliphatic heterocycles. The number of rotatable bonds is 9. The molecule has 0 amide bonds. The molecule has 1 N–H and O–H groups in total. The molecule has 1 aromatic carbocycles. The molecule has 0 spiro atoms. The Morgan fingerprint density at radius 2 is 1.70 bits per heavy atom. The maximum absolute atomic E-state index is 3.50. The summed E-state index contributed by atoms with van der Waals surface area (Å²) in [6.07, 6.45) is 2.37. The molecule has 3 heteroatoms. The van der Waals surface area contributed by atoms with Crippen LogP contribution in [0.15, 0.2) is 30.3 Å². The van der Waals surface area contributed by atoms with Crippen molar-refractivity contribution >= 4 is 0 Å². The first-order valence-corrected chi connectivity index (χ1v) is 7.67. The van der Waals surface area contributed by atoms with Crippen LogP contribution in [0.5, 0.6) is 0 Å². The summed E-state index contributed by atoms with van der Waals surface area (Å²) in [5.41, 5.74) is 1.38. The molecule has 3 nitrogen and oxygen atoms in total.